The largest absolute Gasteiger partial charge is 0.489 e. The first kappa shape index (κ1) is 15.9. The molecule has 0 aliphatic heterocycles. The number of aliphatic hydroxyl groups excluding tert-OH is 1. The smallest absolute Gasteiger partial charge is 0.340 e. The van der Waals surface area contributed by atoms with Gasteiger partial charge >= 0.3 is 6.39 Å². The van der Waals surface area contributed by atoms with Gasteiger partial charge in [-0.1, -0.05) is 29.3 Å². The Morgan fingerprint density at radius 2 is 1.74 bits per heavy atom. The van der Waals surface area contributed by atoms with Crippen molar-refractivity contribution in [2.75, 3.05) is 0 Å². The molecule has 0 unspecified atom stereocenters. The van der Waals surface area contributed by atoms with E-state index in [-0.39, 0.29) is 6.61 Å². The number of ether oxygens (including phenoxy) is 1. The lowest BCUT2D eigenvalue weighted by Crippen LogP contribution is -2.26. The fourth-order valence-electron chi connectivity index (χ4n) is 2.09. The zero-order valence-corrected chi connectivity index (χ0v) is 13.6. The molecule has 0 aliphatic rings. The van der Waals surface area contributed by atoms with Crippen molar-refractivity contribution < 1.29 is 18.8 Å². The molecule has 118 valence electrons. The van der Waals surface area contributed by atoms with Crippen LogP contribution in [0.4, 0.5) is 0 Å². The second kappa shape index (κ2) is 7.04. The Morgan fingerprint density at radius 1 is 1.04 bits per heavy atom. The highest BCUT2D eigenvalue weighted by Gasteiger charge is 2.11. The van der Waals surface area contributed by atoms with Gasteiger partial charge in [0.2, 0.25) is 11.9 Å². The van der Waals surface area contributed by atoms with Crippen LogP contribution in [0.1, 0.15) is 11.3 Å². The zero-order valence-electron chi connectivity index (χ0n) is 12.1. The number of halogens is 2. The van der Waals surface area contributed by atoms with Crippen molar-refractivity contribution in [3.63, 3.8) is 0 Å². The van der Waals surface area contributed by atoms with Crippen LogP contribution in [0.5, 0.6) is 5.75 Å². The quantitative estimate of drug-likeness (QED) is 0.709. The summed E-state index contributed by atoms with van der Waals surface area (Å²) in [4.78, 5) is 0. The molecule has 4 nitrogen and oxygen atoms in total. The molecule has 0 saturated heterocycles. The van der Waals surface area contributed by atoms with E-state index in [9.17, 15) is 0 Å². The van der Waals surface area contributed by atoms with Gasteiger partial charge in [-0.25, -0.2) is 0 Å². The number of hydrogen-bond donors (Lipinski definition) is 1. The summed E-state index contributed by atoms with van der Waals surface area (Å²) in [6, 6.07) is 12.8. The fourth-order valence-corrected chi connectivity index (χ4v) is 2.60. The summed E-state index contributed by atoms with van der Waals surface area (Å²) in [6.07, 6.45) is 3.25. The zero-order chi connectivity index (χ0) is 16.2. The van der Waals surface area contributed by atoms with Crippen LogP contribution in [-0.4, -0.2) is 5.11 Å². The van der Waals surface area contributed by atoms with Crippen LogP contribution in [0.25, 0.3) is 5.69 Å². The molecule has 0 radical (unpaired) electrons. The normalized spacial score (nSPS) is 10.7. The summed E-state index contributed by atoms with van der Waals surface area (Å²) in [5.74, 6) is 1.20. The van der Waals surface area contributed by atoms with Crippen molar-refractivity contribution in [3.8, 4) is 11.4 Å². The van der Waals surface area contributed by atoms with Gasteiger partial charge in [-0.15, -0.1) is 4.57 Å². The molecule has 0 saturated carbocycles. The highest BCUT2D eigenvalue weighted by Crippen LogP contribution is 2.26. The third-order valence-corrected chi connectivity index (χ3v) is 4.04. The third-order valence-electron chi connectivity index (χ3n) is 3.34. The first-order valence-corrected chi connectivity index (χ1v) is 7.68. The molecule has 0 spiro atoms. The molecule has 0 bridgehead atoms. The Bertz CT molecular complexity index is 780. The van der Waals surface area contributed by atoms with Crippen molar-refractivity contribution in [2.45, 2.75) is 13.2 Å². The highest BCUT2D eigenvalue weighted by atomic mass is 35.5. The average molecular weight is 351 g/mol. The van der Waals surface area contributed by atoms with Gasteiger partial charge in [0.15, 0.2) is 5.76 Å². The molecule has 3 aromatic rings. The summed E-state index contributed by atoms with van der Waals surface area (Å²) in [7, 11) is 0. The molecule has 2 aromatic carbocycles. The van der Waals surface area contributed by atoms with Gasteiger partial charge in [0.1, 0.15) is 19.0 Å². The van der Waals surface area contributed by atoms with Crippen molar-refractivity contribution >= 4 is 23.2 Å². The van der Waals surface area contributed by atoms with Crippen molar-refractivity contribution in [3.05, 3.63) is 76.4 Å². The van der Waals surface area contributed by atoms with E-state index in [1.54, 1.807) is 29.0 Å². The number of aliphatic hydroxyl groups is 1. The molecule has 0 aliphatic carbocycles. The SMILES string of the molecule is OCc1c[n+](-c2ccc(OCc3c(Cl)cccc3Cl)cc2)co1. The number of benzene rings is 2. The summed E-state index contributed by atoms with van der Waals surface area (Å²) in [5.41, 5.74) is 1.66. The van der Waals surface area contributed by atoms with Gasteiger partial charge in [-0.2, -0.15) is 0 Å². The van der Waals surface area contributed by atoms with Gasteiger partial charge < -0.3 is 14.3 Å². The maximum Gasteiger partial charge on any atom is 0.340 e. The Balaban J connectivity index is 1.70. The lowest BCUT2D eigenvalue weighted by Gasteiger charge is -2.09. The second-order valence-corrected chi connectivity index (χ2v) is 5.68. The number of oxazole rings is 1. The van der Waals surface area contributed by atoms with E-state index in [2.05, 4.69) is 0 Å². The topological polar surface area (TPSA) is 46.5 Å². The molecule has 1 aromatic heterocycles. The van der Waals surface area contributed by atoms with Crippen molar-refractivity contribution in [1.82, 2.24) is 0 Å². The summed E-state index contributed by atoms with van der Waals surface area (Å²) in [6.45, 7) is 0.165. The molecule has 6 heteroatoms. The Morgan fingerprint density at radius 3 is 2.35 bits per heavy atom. The van der Waals surface area contributed by atoms with Gasteiger partial charge in [-0.3, -0.25) is 0 Å². The van der Waals surface area contributed by atoms with Crippen LogP contribution in [0.15, 0.2) is 59.5 Å². The number of rotatable bonds is 5. The fraction of sp³-hybridized carbons (Fsp3) is 0.118. The molecule has 1 heterocycles. The molecular formula is C17H14Cl2NO3+. The Labute approximate surface area is 143 Å². The van der Waals surface area contributed by atoms with Crippen molar-refractivity contribution in [2.24, 2.45) is 0 Å². The minimum Gasteiger partial charge on any atom is -0.489 e. The van der Waals surface area contributed by atoms with Gasteiger partial charge in [0, 0.05) is 27.7 Å². The van der Waals surface area contributed by atoms with E-state index in [0.29, 0.717) is 28.2 Å². The van der Waals surface area contributed by atoms with E-state index >= 15 is 0 Å². The number of hydrogen-bond acceptors (Lipinski definition) is 3. The number of aromatic nitrogens is 1. The van der Waals surface area contributed by atoms with Crippen LogP contribution in [0.3, 0.4) is 0 Å². The van der Waals surface area contributed by atoms with Crippen LogP contribution in [-0.2, 0) is 13.2 Å². The number of nitrogens with zero attached hydrogens (tertiary/aromatic N) is 1. The minimum absolute atomic E-state index is 0.132. The van der Waals surface area contributed by atoms with Gasteiger partial charge in [-0.05, 0) is 24.3 Å². The predicted molar refractivity (Wildman–Crippen MR) is 87.0 cm³/mol. The molecule has 0 atom stereocenters. The van der Waals surface area contributed by atoms with Crippen LogP contribution in [0, 0.1) is 0 Å². The first-order chi connectivity index (χ1) is 11.2. The molecule has 1 N–H and O–H groups in total. The molecule has 0 fully saturated rings. The second-order valence-electron chi connectivity index (χ2n) is 4.87. The Hall–Kier alpha value is -2.01. The van der Waals surface area contributed by atoms with Crippen LogP contribution < -0.4 is 9.30 Å². The highest BCUT2D eigenvalue weighted by molar-refractivity contribution is 6.35. The lowest BCUT2D eigenvalue weighted by molar-refractivity contribution is -0.599. The van der Waals surface area contributed by atoms with E-state index in [1.807, 2.05) is 24.3 Å². The standard InChI is InChI=1S/C17H14Cl2NO3/c18-16-2-1-3-17(19)15(16)10-22-13-6-4-12(5-7-13)20-8-14(9-21)23-11-20/h1-8,11,21H,9-10H2/q+1. The molecule has 0 amide bonds. The van der Waals surface area contributed by atoms with E-state index < -0.39 is 0 Å². The molecule has 3 rings (SSSR count). The van der Waals surface area contributed by atoms with Crippen molar-refractivity contribution in [1.29, 1.82) is 0 Å². The first-order valence-electron chi connectivity index (χ1n) is 6.93. The van der Waals surface area contributed by atoms with E-state index in [1.165, 1.54) is 6.39 Å². The van der Waals surface area contributed by atoms with Crippen LogP contribution in [0.2, 0.25) is 10.0 Å². The summed E-state index contributed by atoms with van der Waals surface area (Å²) in [5, 5.41) is 10.2. The predicted octanol–water partition coefficient (Wildman–Crippen LogP) is 3.93. The minimum atomic E-state index is -0.132. The summed E-state index contributed by atoms with van der Waals surface area (Å²) >= 11 is 12.2. The molecule has 23 heavy (non-hydrogen) atoms. The molecular weight excluding hydrogens is 337 g/mol. The van der Waals surface area contributed by atoms with E-state index in [0.717, 1.165) is 11.3 Å². The van der Waals surface area contributed by atoms with Gasteiger partial charge in [0.05, 0.1) is 0 Å². The third kappa shape index (κ3) is 3.67. The maximum atomic E-state index is 9.02. The maximum absolute atomic E-state index is 9.02. The lowest BCUT2D eigenvalue weighted by atomic mass is 10.2. The monoisotopic (exact) mass is 350 g/mol. The van der Waals surface area contributed by atoms with E-state index in [4.69, 9.17) is 37.5 Å². The Kier molecular flexibility index (Phi) is 4.86. The van der Waals surface area contributed by atoms with Gasteiger partial charge in [0.25, 0.3) is 0 Å². The van der Waals surface area contributed by atoms with Crippen LogP contribution >= 0.6 is 23.2 Å². The summed E-state index contributed by atoms with van der Waals surface area (Å²) < 4.78 is 12.7. The average Bonchev–Trinajstić information content (AvgIpc) is 3.04.